The number of aromatic nitrogens is 2. The summed E-state index contributed by atoms with van der Waals surface area (Å²) >= 11 is 0. The lowest BCUT2D eigenvalue weighted by atomic mass is 10.0. The molecular formula is C11H18N4O. The largest absolute Gasteiger partial charge is 0.349 e. The quantitative estimate of drug-likeness (QED) is 0.771. The summed E-state index contributed by atoms with van der Waals surface area (Å²) in [4.78, 5) is 17.7. The Morgan fingerprint density at radius 2 is 2.44 bits per heavy atom. The van der Waals surface area contributed by atoms with E-state index in [-0.39, 0.29) is 11.9 Å². The second-order valence-corrected chi connectivity index (χ2v) is 4.44. The van der Waals surface area contributed by atoms with Crippen LogP contribution in [0, 0.1) is 0 Å². The predicted molar refractivity (Wildman–Crippen MR) is 61.0 cm³/mol. The Hall–Kier alpha value is -1.36. The molecule has 0 radical (unpaired) electrons. The molecule has 88 valence electrons. The number of aryl methyl sites for hydroxylation is 1. The van der Waals surface area contributed by atoms with Gasteiger partial charge in [-0.2, -0.15) is 0 Å². The van der Waals surface area contributed by atoms with Crippen LogP contribution in [0.2, 0.25) is 0 Å². The van der Waals surface area contributed by atoms with Crippen LogP contribution < -0.4 is 5.32 Å². The van der Waals surface area contributed by atoms with Crippen molar-refractivity contribution in [2.24, 2.45) is 7.05 Å². The average Bonchev–Trinajstić information content (AvgIpc) is 2.61. The van der Waals surface area contributed by atoms with E-state index < -0.39 is 0 Å². The predicted octanol–water partition coefficient (Wildman–Crippen LogP) is 0.0852. The lowest BCUT2D eigenvalue weighted by Gasteiger charge is -2.25. The van der Waals surface area contributed by atoms with Gasteiger partial charge >= 0.3 is 0 Å². The van der Waals surface area contributed by atoms with E-state index in [9.17, 15) is 4.79 Å². The van der Waals surface area contributed by atoms with Crippen molar-refractivity contribution in [3.8, 4) is 0 Å². The first-order valence-corrected chi connectivity index (χ1v) is 5.53. The molecule has 1 aliphatic heterocycles. The second-order valence-electron chi connectivity index (χ2n) is 4.44. The normalized spacial score (nSPS) is 19.3. The fourth-order valence-corrected chi connectivity index (χ4v) is 2.12. The fraction of sp³-hybridized carbons (Fsp3) is 0.636. The Morgan fingerprint density at radius 1 is 1.69 bits per heavy atom. The summed E-state index contributed by atoms with van der Waals surface area (Å²) in [6.45, 7) is 0.898. The van der Waals surface area contributed by atoms with Gasteiger partial charge in [-0.3, -0.25) is 4.79 Å². The van der Waals surface area contributed by atoms with Gasteiger partial charge in [0.25, 0.3) is 0 Å². The number of carbonyl (C=O) groups excluding carboxylic acids is 1. The van der Waals surface area contributed by atoms with Gasteiger partial charge in [-0.05, 0) is 0 Å². The van der Waals surface area contributed by atoms with Crippen LogP contribution in [0.1, 0.15) is 23.9 Å². The molecule has 1 aliphatic rings. The fourth-order valence-electron chi connectivity index (χ4n) is 2.12. The highest BCUT2D eigenvalue weighted by atomic mass is 16.2. The Morgan fingerprint density at radius 3 is 3.12 bits per heavy atom. The van der Waals surface area contributed by atoms with Crippen LogP contribution in [-0.2, 0) is 18.3 Å². The number of amides is 1. The Bertz CT molecular complexity index is 397. The van der Waals surface area contributed by atoms with Crippen LogP contribution >= 0.6 is 0 Å². The molecule has 0 saturated heterocycles. The van der Waals surface area contributed by atoms with Gasteiger partial charge in [-0.1, -0.05) is 0 Å². The van der Waals surface area contributed by atoms with Crippen LogP contribution in [-0.4, -0.2) is 41.0 Å². The van der Waals surface area contributed by atoms with Gasteiger partial charge < -0.3 is 14.8 Å². The van der Waals surface area contributed by atoms with E-state index in [2.05, 4.69) is 10.3 Å². The number of hydrogen-bond donors (Lipinski definition) is 1. The van der Waals surface area contributed by atoms with E-state index >= 15 is 0 Å². The molecule has 1 amide bonds. The van der Waals surface area contributed by atoms with E-state index in [1.165, 1.54) is 0 Å². The van der Waals surface area contributed by atoms with Crippen molar-refractivity contribution in [1.29, 1.82) is 0 Å². The average molecular weight is 222 g/mol. The van der Waals surface area contributed by atoms with Crippen molar-refractivity contribution in [3.63, 3.8) is 0 Å². The van der Waals surface area contributed by atoms with E-state index in [0.29, 0.717) is 6.42 Å². The molecule has 1 N–H and O–H groups in total. The highest BCUT2D eigenvalue weighted by Gasteiger charge is 2.26. The zero-order chi connectivity index (χ0) is 11.7. The number of rotatable bonds is 2. The van der Waals surface area contributed by atoms with Crippen LogP contribution in [0.5, 0.6) is 0 Å². The molecule has 0 aromatic carbocycles. The van der Waals surface area contributed by atoms with Crippen molar-refractivity contribution >= 4 is 5.91 Å². The number of carbonyl (C=O) groups is 1. The standard InChI is InChI=1S/C11H18N4O/c1-14(2)10(16)6-9-11-8(4-5-12-9)13-7-15(11)3/h7,9,12H,4-6H2,1-3H3. The van der Waals surface area contributed by atoms with Crippen molar-refractivity contribution in [3.05, 3.63) is 17.7 Å². The zero-order valence-corrected chi connectivity index (χ0v) is 10.0. The first-order chi connectivity index (χ1) is 7.59. The van der Waals surface area contributed by atoms with Crippen LogP contribution in [0.4, 0.5) is 0 Å². The summed E-state index contributed by atoms with van der Waals surface area (Å²) in [5.41, 5.74) is 2.28. The Kier molecular flexibility index (Phi) is 2.96. The van der Waals surface area contributed by atoms with Gasteiger partial charge in [0.2, 0.25) is 5.91 Å². The summed E-state index contributed by atoms with van der Waals surface area (Å²) in [6, 6.07) is 0.103. The van der Waals surface area contributed by atoms with Gasteiger partial charge in [0.05, 0.1) is 23.8 Å². The number of nitrogens with one attached hydrogen (secondary N) is 1. The Balaban J connectivity index is 2.18. The third-order valence-electron chi connectivity index (χ3n) is 3.02. The highest BCUT2D eigenvalue weighted by Crippen LogP contribution is 2.24. The molecule has 1 atom stereocenters. The van der Waals surface area contributed by atoms with E-state index in [1.807, 2.05) is 17.9 Å². The van der Waals surface area contributed by atoms with Gasteiger partial charge in [-0.25, -0.2) is 4.98 Å². The molecule has 5 heteroatoms. The number of fused-ring (bicyclic) bond motifs is 1. The Labute approximate surface area is 95.5 Å². The number of nitrogens with zero attached hydrogens (tertiary/aromatic N) is 3. The maximum Gasteiger partial charge on any atom is 0.224 e. The highest BCUT2D eigenvalue weighted by molar-refractivity contribution is 5.76. The maximum absolute atomic E-state index is 11.7. The van der Waals surface area contributed by atoms with Crippen LogP contribution in [0.15, 0.2) is 6.33 Å². The lowest BCUT2D eigenvalue weighted by molar-refractivity contribution is -0.129. The van der Waals surface area contributed by atoms with Crippen LogP contribution in [0.25, 0.3) is 0 Å². The molecule has 1 aromatic rings. The smallest absolute Gasteiger partial charge is 0.224 e. The van der Waals surface area contributed by atoms with E-state index in [4.69, 9.17) is 0 Å². The zero-order valence-electron chi connectivity index (χ0n) is 10.0. The summed E-state index contributed by atoms with van der Waals surface area (Å²) in [5, 5.41) is 3.38. The molecule has 0 saturated carbocycles. The molecule has 0 fully saturated rings. The lowest BCUT2D eigenvalue weighted by Crippen LogP contribution is -2.35. The molecule has 2 rings (SSSR count). The van der Waals surface area contributed by atoms with E-state index in [1.54, 1.807) is 19.0 Å². The van der Waals surface area contributed by atoms with Gasteiger partial charge in [0, 0.05) is 40.5 Å². The molecule has 16 heavy (non-hydrogen) atoms. The summed E-state index contributed by atoms with van der Waals surface area (Å²) in [6.07, 6.45) is 3.27. The van der Waals surface area contributed by atoms with E-state index in [0.717, 1.165) is 24.4 Å². The summed E-state index contributed by atoms with van der Waals surface area (Å²) in [5.74, 6) is 0.145. The third-order valence-corrected chi connectivity index (χ3v) is 3.02. The van der Waals surface area contributed by atoms with Crippen molar-refractivity contribution in [2.45, 2.75) is 18.9 Å². The summed E-state index contributed by atoms with van der Waals surface area (Å²) < 4.78 is 2.01. The minimum atomic E-state index is 0.103. The molecule has 5 nitrogen and oxygen atoms in total. The monoisotopic (exact) mass is 222 g/mol. The molecule has 2 heterocycles. The number of hydrogen-bond acceptors (Lipinski definition) is 3. The first kappa shape index (κ1) is 11.1. The minimum absolute atomic E-state index is 0.103. The molecule has 0 bridgehead atoms. The van der Waals surface area contributed by atoms with Crippen molar-refractivity contribution < 1.29 is 4.79 Å². The second kappa shape index (κ2) is 4.25. The minimum Gasteiger partial charge on any atom is -0.349 e. The SMILES string of the molecule is CN(C)C(=O)CC1NCCc2ncn(C)c21. The molecular weight excluding hydrogens is 204 g/mol. The summed E-state index contributed by atoms with van der Waals surface area (Å²) in [7, 11) is 5.55. The third kappa shape index (κ3) is 1.95. The maximum atomic E-state index is 11.7. The van der Waals surface area contributed by atoms with Gasteiger partial charge in [-0.15, -0.1) is 0 Å². The first-order valence-electron chi connectivity index (χ1n) is 5.53. The topological polar surface area (TPSA) is 50.2 Å². The molecule has 0 spiro atoms. The van der Waals surface area contributed by atoms with Crippen LogP contribution in [0.3, 0.4) is 0 Å². The number of imidazole rings is 1. The van der Waals surface area contributed by atoms with Gasteiger partial charge in [0.15, 0.2) is 0 Å². The molecule has 1 unspecified atom stereocenters. The van der Waals surface area contributed by atoms with Crippen molar-refractivity contribution in [2.75, 3.05) is 20.6 Å². The molecule has 0 aliphatic carbocycles. The van der Waals surface area contributed by atoms with Crippen molar-refractivity contribution in [1.82, 2.24) is 19.8 Å². The molecule has 1 aromatic heterocycles. The van der Waals surface area contributed by atoms with Gasteiger partial charge in [0.1, 0.15) is 0 Å².